The van der Waals surface area contributed by atoms with Crippen LogP contribution in [-0.4, -0.2) is 52.7 Å². The molecule has 1 fully saturated rings. The third kappa shape index (κ3) is 5.81. The molecule has 0 aliphatic carbocycles. The van der Waals surface area contributed by atoms with Crippen molar-refractivity contribution >= 4 is 12.0 Å². The summed E-state index contributed by atoms with van der Waals surface area (Å²) in [5.41, 5.74) is 0.335. The highest BCUT2D eigenvalue weighted by Gasteiger charge is 2.27. The smallest absolute Gasteiger partial charge is 0.410 e. The molecule has 7 nitrogen and oxygen atoms in total. The fraction of sp³-hybridized carbons (Fsp3) is 0.500. The standard InChI is InChI=1S/C22H29FN4O3/c1-15(2)18-14-19(29-17-8-6-16(23)7-9-17)25-20(24-18)26-10-12-27(13-11-26)21(28)30-22(3,4)5/h6-9,14-15H,10-13H2,1-5H3. The molecule has 2 aromatic rings. The van der Waals surface area contributed by atoms with Crippen molar-refractivity contribution < 1.29 is 18.7 Å². The molecule has 1 saturated heterocycles. The number of hydrogen-bond acceptors (Lipinski definition) is 6. The van der Waals surface area contributed by atoms with Crippen LogP contribution in [0.25, 0.3) is 0 Å². The van der Waals surface area contributed by atoms with Crippen molar-refractivity contribution in [1.82, 2.24) is 14.9 Å². The summed E-state index contributed by atoms with van der Waals surface area (Å²) in [7, 11) is 0. The van der Waals surface area contributed by atoms with Crippen molar-refractivity contribution in [2.75, 3.05) is 31.1 Å². The van der Waals surface area contributed by atoms with Crippen LogP contribution in [0, 0.1) is 5.82 Å². The molecule has 0 saturated carbocycles. The van der Waals surface area contributed by atoms with Gasteiger partial charge in [0.1, 0.15) is 17.2 Å². The lowest BCUT2D eigenvalue weighted by molar-refractivity contribution is 0.0240. The Hall–Kier alpha value is -2.90. The van der Waals surface area contributed by atoms with Gasteiger partial charge < -0.3 is 19.3 Å². The molecule has 1 aliphatic rings. The number of rotatable bonds is 4. The Bertz CT molecular complexity index is 873. The summed E-state index contributed by atoms with van der Waals surface area (Å²) < 4.78 is 24.5. The zero-order valence-corrected chi connectivity index (χ0v) is 18.2. The van der Waals surface area contributed by atoms with E-state index in [0.717, 1.165) is 5.69 Å². The SMILES string of the molecule is CC(C)c1cc(Oc2ccc(F)cc2)nc(N2CCN(C(=O)OC(C)(C)C)CC2)n1. The summed E-state index contributed by atoms with van der Waals surface area (Å²) in [6, 6.07) is 7.61. The van der Waals surface area contributed by atoms with Crippen LogP contribution in [-0.2, 0) is 4.74 Å². The number of benzene rings is 1. The maximum absolute atomic E-state index is 13.2. The topological polar surface area (TPSA) is 67.8 Å². The van der Waals surface area contributed by atoms with E-state index in [1.807, 2.05) is 39.5 Å². The van der Waals surface area contributed by atoms with Gasteiger partial charge in [0.05, 0.1) is 5.69 Å². The molecule has 1 aromatic carbocycles. The number of carbonyl (C=O) groups is 1. The normalized spacial score (nSPS) is 14.8. The second kappa shape index (κ2) is 8.85. The minimum atomic E-state index is -0.518. The molecule has 1 aromatic heterocycles. The molecule has 30 heavy (non-hydrogen) atoms. The van der Waals surface area contributed by atoms with Gasteiger partial charge in [0.2, 0.25) is 11.8 Å². The number of hydrogen-bond donors (Lipinski definition) is 0. The summed E-state index contributed by atoms with van der Waals surface area (Å²) in [4.78, 5) is 25.3. The first-order valence-corrected chi connectivity index (χ1v) is 10.2. The van der Waals surface area contributed by atoms with Crippen molar-refractivity contribution in [2.45, 2.75) is 46.1 Å². The van der Waals surface area contributed by atoms with Gasteiger partial charge in [-0.1, -0.05) is 13.8 Å². The van der Waals surface area contributed by atoms with Gasteiger partial charge in [-0.05, 0) is 51.0 Å². The Balaban J connectivity index is 1.73. The van der Waals surface area contributed by atoms with Crippen molar-refractivity contribution in [3.05, 3.63) is 41.8 Å². The molecular formula is C22H29FN4O3. The van der Waals surface area contributed by atoms with Crippen LogP contribution in [0.1, 0.15) is 46.2 Å². The molecule has 0 spiro atoms. The van der Waals surface area contributed by atoms with Crippen LogP contribution in [0.4, 0.5) is 15.1 Å². The molecular weight excluding hydrogens is 387 g/mol. The van der Waals surface area contributed by atoms with Crippen LogP contribution in [0.15, 0.2) is 30.3 Å². The van der Waals surface area contributed by atoms with Crippen molar-refractivity contribution in [1.29, 1.82) is 0 Å². The zero-order chi connectivity index (χ0) is 21.9. The van der Waals surface area contributed by atoms with Gasteiger partial charge in [-0.3, -0.25) is 0 Å². The summed E-state index contributed by atoms with van der Waals surface area (Å²) >= 11 is 0. The van der Waals surface area contributed by atoms with Crippen LogP contribution < -0.4 is 9.64 Å². The van der Waals surface area contributed by atoms with E-state index in [0.29, 0.717) is 43.8 Å². The molecule has 162 valence electrons. The number of nitrogens with zero attached hydrogens (tertiary/aromatic N) is 4. The van der Waals surface area contributed by atoms with E-state index in [4.69, 9.17) is 9.47 Å². The molecule has 8 heteroatoms. The molecule has 0 bridgehead atoms. The Morgan fingerprint density at radius 1 is 1.07 bits per heavy atom. The van der Waals surface area contributed by atoms with Crippen LogP contribution in [0.3, 0.4) is 0 Å². The fourth-order valence-electron chi connectivity index (χ4n) is 2.96. The highest BCUT2D eigenvalue weighted by atomic mass is 19.1. The molecule has 0 N–H and O–H groups in total. The lowest BCUT2D eigenvalue weighted by Gasteiger charge is -2.35. The lowest BCUT2D eigenvalue weighted by atomic mass is 10.1. The quantitative estimate of drug-likeness (QED) is 0.726. The number of carbonyl (C=O) groups excluding carboxylic acids is 1. The van der Waals surface area contributed by atoms with Gasteiger partial charge in [-0.2, -0.15) is 4.98 Å². The van der Waals surface area contributed by atoms with Crippen molar-refractivity contribution in [2.24, 2.45) is 0 Å². The minimum Gasteiger partial charge on any atom is -0.444 e. The highest BCUT2D eigenvalue weighted by molar-refractivity contribution is 5.68. The zero-order valence-electron chi connectivity index (χ0n) is 18.2. The number of anilines is 1. The third-order valence-electron chi connectivity index (χ3n) is 4.55. The van der Waals surface area contributed by atoms with Crippen LogP contribution in [0.5, 0.6) is 11.6 Å². The molecule has 1 amide bonds. The summed E-state index contributed by atoms with van der Waals surface area (Å²) in [6.07, 6.45) is -0.306. The Morgan fingerprint density at radius 2 is 1.70 bits per heavy atom. The Labute approximate surface area is 176 Å². The largest absolute Gasteiger partial charge is 0.444 e. The molecule has 0 unspecified atom stereocenters. The van der Waals surface area contributed by atoms with Crippen LogP contribution >= 0.6 is 0 Å². The molecule has 2 heterocycles. The summed E-state index contributed by atoms with van der Waals surface area (Å²) in [6.45, 7) is 11.9. The van der Waals surface area contributed by atoms with Gasteiger partial charge in [0, 0.05) is 32.2 Å². The average Bonchev–Trinajstić information content (AvgIpc) is 2.68. The third-order valence-corrected chi connectivity index (χ3v) is 4.55. The predicted molar refractivity (Wildman–Crippen MR) is 113 cm³/mol. The second-order valence-electron chi connectivity index (χ2n) is 8.60. The Kier molecular flexibility index (Phi) is 6.43. The first-order valence-electron chi connectivity index (χ1n) is 10.2. The van der Waals surface area contributed by atoms with E-state index in [9.17, 15) is 9.18 Å². The molecule has 3 rings (SSSR count). The van der Waals surface area contributed by atoms with Crippen molar-refractivity contribution in [3.63, 3.8) is 0 Å². The average molecular weight is 416 g/mol. The minimum absolute atomic E-state index is 0.186. The lowest BCUT2D eigenvalue weighted by Crippen LogP contribution is -2.50. The maximum Gasteiger partial charge on any atom is 0.410 e. The van der Waals surface area contributed by atoms with E-state index >= 15 is 0 Å². The monoisotopic (exact) mass is 416 g/mol. The van der Waals surface area contributed by atoms with E-state index in [1.54, 1.807) is 23.1 Å². The van der Waals surface area contributed by atoms with E-state index in [-0.39, 0.29) is 17.8 Å². The van der Waals surface area contributed by atoms with Gasteiger partial charge in [-0.15, -0.1) is 0 Å². The number of amides is 1. The van der Waals surface area contributed by atoms with Gasteiger partial charge >= 0.3 is 6.09 Å². The summed E-state index contributed by atoms with van der Waals surface area (Å²) in [5.74, 6) is 1.33. The van der Waals surface area contributed by atoms with Gasteiger partial charge in [-0.25, -0.2) is 14.2 Å². The molecule has 1 aliphatic heterocycles. The molecule has 0 radical (unpaired) electrons. The summed E-state index contributed by atoms with van der Waals surface area (Å²) in [5, 5.41) is 0. The van der Waals surface area contributed by atoms with E-state index in [1.165, 1.54) is 12.1 Å². The van der Waals surface area contributed by atoms with Crippen molar-refractivity contribution in [3.8, 4) is 11.6 Å². The van der Waals surface area contributed by atoms with E-state index in [2.05, 4.69) is 9.97 Å². The number of piperazine rings is 1. The first-order chi connectivity index (χ1) is 14.1. The molecule has 0 atom stereocenters. The first kappa shape index (κ1) is 21.8. The number of halogens is 1. The Morgan fingerprint density at radius 3 is 2.27 bits per heavy atom. The second-order valence-corrected chi connectivity index (χ2v) is 8.60. The fourth-order valence-corrected chi connectivity index (χ4v) is 2.96. The number of aromatic nitrogens is 2. The van der Waals surface area contributed by atoms with E-state index < -0.39 is 5.60 Å². The van der Waals surface area contributed by atoms with Gasteiger partial charge in [0.15, 0.2) is 0 Å². The van der Waals surface area contributed by atoms with Gasteiger partial charge in [0.25, 0.3) is 0 Å². The number of ether oxygens (including phenoxy) is 2. The predicted octanol–water partition coefficient (Wildman–Crippen LogP) is 4.59. The maximum atomic E-state index is 13.2. The highest BCUT2D eigenvalue weighted by Crippen LogP contribution is 2.26. The van der Waals surface area contributed by atoms with Crippen LogP contribution in [0.2, 0.25) is 0 Å².